The highest BCUT2D eigenvalue weighted by atomic mass is 79.9. The average Bonchev–Trinajstić information content (AvgIpc) is 2.57. The Kier molecular flexibility index (Phi) is 6.31. The standard InChI is InChI=1S/C19H19BrN4O/c1-12(2)16-6-4-5-13(3)18(16)24-19(25)14(10-21)11-23-17-9-15(20)7-8-22-17/h4-9,11-12H,1-3H3,(H,22,23)(H,24,25)/b14-11-. The number of hydrogen-bond acceptors (Lipinski definition) is 4. The highest BCUT2D eigenvalue weighted by Gasteiger charge is 2.15. The third-order valence-corrected chi connectivity index (χ3v) is 4.11. The van der Waals surface area contributed by atoms with Gasteiger partial charge in [0, 0.05) is 22.6 Å². The number of pyridine rings is 1. The lowest BCUT2D eigenvalue weighted by molar-refractivity contribution is -0.112. The molecule has 0 spiro atoms. The zero-order valence-corrected chi connectivity index (χ0v) is 15.9. The predicted molar refractivity (Wildman–Crippen MR) is 103 cm³/mol. The molecule has 2 aromatic rings. The molecule has 0 saturated carbocycles. The molecule has 128 valence electrons. The largest absolute Gasteiger partial charge is 0.345 e. The van der Waals surface area contributed by atoms with Gasteiger partial charge in [0.1, 0.15) is 17.5 Å². The molecular formula is C19H19BrN4O. The van der Waals surface area contributed by atoms with Gasteiger partial charge in [-0.3, -0.25) is 4.79 Å². The maximum Gasteiger partial charge on any atom is 0.267 e. The Morgan fingerprint density at radius 3 is 2.76 bits per heavy atom. The second-order valence-corrected chi connectivity index (χ2v) is 6.74. The molecule has 0 aliphatic carbocycles. The summed E-state index contributed by atoms with van der Waals surface area (Å²) in [6.07, 6.45) is 2.98. The first-order chi connectivity index (χ1) is 11.9. The molecule has 0 fully saturated rings. The number of anilines is 2. The average molecular weight is 399 g/mol. The molecule has 0 aliphatic rings. The number of nitrogens with one attached hydrogen (secondary N) is 2. The molecule has 0 saturated heterocycles. The number of halogens is 1. The lowest BCUT2D eigenvalue weighted by Gasteiger charge is -2.16. The van der Waals surface area contributed by atoms with E-state index < -0.39 is 5.91 Å². The van der Waals surface area contributed by atoms with Gasteiger partial charge in [0.2, 0.25) is 0 Å². The molecular weight excluding hydrogens is 380 g/mol. The Balaban J connectivity index is 2.21. The zero-order chi connectivity index (χ0) is 18.4. The SMILES string of the molecule is Cc1cccc(C(C)C)c1NC(=O)/C(C#N)=C\Nc1cc(Br)ccn1. The van der Waals surface area contributed by atoms with Crippen LogP contribution in [0.15, 0.2) is 52.8 Å². The van der Waals surface area contributed by atoms with Crippen LogP contribution in [0.3, 0.4) is 0 Å². The number of carbonyl (C=O) groups excluding carboxylic acids is 1. The molecule has 25 heavy (non-hydrogen) atoms. The highest BCUT2D eigenvalue weighted by Crippen LogP contribution is 2.27. The molecule has 2 rings (SSSR count). The van der Waals surface area contributed by atoms with Crippen LogP contribution in [0.5, 0.6) is 0 Å². The topological polar surface area (TPSA) is 77.8 Å². The van der Waals surface area contributed by atoms with Gasteiger partial charge >= 0.3 is 0 Å². The molecule has 5 nitrogen and oxygen atoms in total. The van der Waals surface area contributed by atoms with Crippen molar-refractivity contribution in [1.82, 2.24) is 4.98 Å². The van der Waals surface area contributed by atoms with Gasteiger partial charge in [-0.1, -0.05) is 48.0 Å². The fraction of sp³-hybridized carbons (Fsp3) is 0.211. The second-order valence-electron chi connectivity index (χ2n) is 5.82. The van der Waals surface area contributed by atoms with Crippen molar-refractivity contribution in [3.63, 3.8) is 0 Å². The number of hydrogen-bond donors (Lipinski definition) is 2. The van der Waals surface area contributed by atoms with E-state index in [-0.39, 0.29) is 11.5 Å². The number of aryl methyl sites for hydroxylation is 1. The number of aromatic nitrogens is 1. The van der Waals surface area contributed by atoms with Crippen molar-refractivity contribution in [2.45, 2.75) is 26.7 Å². The zero-order valence-electron chi connectivity index (χ0n) is 14.3. The van der Waals surface area contributed by atoms with Crippen LogP contribution in [0, 0.1) is 18.3 Å². The number of rotatable bonds is 5. The summed E-state index contributed by atoms with van der Waals surface area (Å²) in [6.45, 7) is 6.05. The number of nitrogens with zero attached hydrogens (tertiary/aromatic N) is 2. The lowest BCUT2D eigenvalue weighted by atomic mass is 9.98. The van der Waals surface area contributed by atoms with Crippen molar-refractivity contribution in [3.05, 3.63) is 63.9 Å². The van der Waals surface area contributed by atoms with Crippen LogP contribution in [0.1, 0.15) is 30.9 Å². The molecule has 0 bridgehead atoms. The Hall–Kier alpha value is -2.65. The van der Waals surface area contributed by atoms with Crippen molar-refractivity contribution >= 4 is 33.3 Å². The summed E-state index contributed by atoms with van der Waals surface area (Å²) in [7, 11) is 0. The van der Waals surface area contributed by atoms with E-state index in [1.165, 1.54) is 6.20 Å². The third-order valence-electron chi connectivity index (χ3n) is 3.62. The first-order valence-electron chi connectivity index (χ1n) is 7.81. The molecule has 2 N–H and O–H groups in total. The minimum atomic E-state index is -0.457. The van der Waals surface area contributed by atoms with Crippen molar-refractivity contribution in [3.8, 4) is 6.07 Å². The van der Waals surface area contributed by atoms with E-state index in [0.29, 0.717) is 5.82 Å². The fourth-order valence-corrected chi connectivity index (χ4v) is 2.64. The minimum Gasteiger partial charge on any atom is -0.345 e. The van der Waals surface area contributed by atoms with E-state index in [4.69, 9.17) is 0 Å². The molecule has 1 aromatic heterocycles. The van der Waals surface area contributed by atoms with Gasteiger partial charge in [-0.25, -0.2) is 4.98 Å². The van der Waals surface area contributed by atoms with Gasteiger partial charge < -0.3 is 10.6 Å². The number of amides is 1. The summed E-state index contributed by atoms with van der Waals surface area (Å²) in [5, 5.41) is 15.0. The first kappa shape index (κ1) is 18.7. The Morgan fingerprint density at radius 2 is 2.12 bits per heavy atom. The lowest BCUT2D eigenvalue weighted by Crippen LogP contribution is -2.17. The van der Waals surface area contributed by atoms with Crippen LogP contribution in [0.4, 0.5) is 11.5 Å². The molecule has 6 heteroatoms. The summed E-state index contributed by atoms with van der Waals surface area (Å²) in [5.74, 6) is 0.337. The smallest absolute Gasteiger partial charge is 0.267 e. The van der Waals surface area contributed by atoms with Crippen LogP contribution >= 0.6 is 15.9 Å². The summed E-state index contributed by atoms with van der Waals surface area (Å²) >= 11 is 3.34. The van der Waals surface area contributed by atoms with Crippen LogP contribution in [-0.2, 0) is 4.79 Å². The predicted octanol–water partition coefficient (Wildman–Crippen LogP) is 4.73. The van der Waals surface area contributed by atoms with E-state index in [1.54, 1.807) is 18.3 Å². The molecule has 0 atom stereocenters. The fourth-order valence-electron chi connectivity index (χ4n) is 2.30. The molecule has 1 heterocycles. The van der Waals surface area contributed by atoms with E-state index in [9.17, 15) is 10.1 Å². The van der Waals surface area contributed by atoms with Crippen molar-refractivity contribution in [2.75, 3.05) is 10.6 Å². The quantitative estimate of drug-likeness (QED) is 0.563. The maximum absolute atomic E-state index is 12.5. The van der Waals surface area contributed by atoms with E-state index in [0.717, 1.165) is 21.3 Å². The van der Waals surface area contributed by atoms with Gasteiger partial charge in [0.15, 0.2) is 0 Å². The molecule has 1 aromatic carbocycles. The summed E-state index contributed by atoms with van der Waals surface area (Å²) in [6, 6.07) is 11.3. The van der Waals surface area contributed by atoms with E-state index in [1.807, 2.05) is 31.2 Å². The summed E-state index contributed by atoms with van der Waals surface area (Å²) in [5.41, 5.74) is 2.72. The normalized spacial score (nSPS) is 11.1. The van der Waals surface area contributed by atoms with Crippen LogP contribution in [0.25, 0.3) is 0 Å². The van der Waals surface area contributed by atoms with Crippen molar-refractivity contribution in [2.24, 2.45) is 0 Å². The van der Waals surface area contributed by atoms with Gasteiger partial charge in [0.05, 0.1) is 0 Å². The maximum atomic E-state index is 12.5. The third kappa shape index (κ3) is 4.91. The Labute approximate surface area is 155 Å². The summed E-state index contributed by atoms with van der Waals surface area (Å²) < 4.78 is 0.850. The molecule has 0 aliphatic heterocycles. The van der Waals surface area contributed by atoms with Gasteiger partial charge in [0.25, 0.3) is 5.91 Å². The van der Waals surface area contributed by atoms with Crippen LogP contribution in [0.2, 0.25) is 0 Å². The van der Waals surface area contributed by atoms with Gasteiger partial charge in [-0.05, 0) is 36.1 Å². The van der Waals surface area contributed by atoms with Gasteiger partial charge in [-0.2, -0.15) is 5.26 Å². The number of benzene rings is 1. The molecule has 1 amide bonds. The second kappa shape index (κ2) is 8.45. The van der Waals surface area contributed by atoms with E-state index in [2.05, 4.69) is 45.4 Å². The van der Waals surface area contributed by atoms with Crippen molar-refractivity contribution in [1.29, 1.82) is 5.26 Å². The number of para-hydroxylation sites is 1. The molecule has 0 radical (unpaired) electrons. The van der Waals surface area contributed by atoms with Crippen LogP contribution in [-0.4, -0.2) is 10.9 Å². The number of nitriles is 1. The minimum absolute atomic E-state index is 0.0280. The first-order valence-corrected chi connectivity index (χ1v) is 8.61. The Bertz CT molecular complexity index is 853. The monoisotopic (exact) mass is 398 g/mol. The van der Waals surface area contributed by atoms with Crippen LogP contribution < -0.4 is 10.6 Å². The molecule has 0 unspecified atom stereocenters. The Morgan fingerprint density at radius 1 is 1.36 bits per heavy atom. The highest BCUT2D eigenvalue weighted by molar-refractivity contribution is 9.10. The summed E-state index contributed by atoms with van der Waals surface area (Å²) in [4.78, 5) is 16.6. The van der Waals surface area contributed by atoms with E-state index >= 15 is 0 Å². The van der Waals surface area contributed by atoms with Crippen molar-refractivity contribution < 1.29 is 4.79 Å². The van der Waals surface area contributed by atoms with Gasteiger partial charge in [-0.15, -0.1) is 0 Å². The number of carbonyl (C=O) groups is 1.